The van der Waals surface area contributed by atoms with Gasteiger partial charge in [0.1, 0.15) is 0 Å². The SMILES string of the molecule is CC(C)(c1ccccc1)c1ccccc1.CC(c1ccccc1)c1ccccc1.c1ccc(Cc2ccccc2)cc1. The van der Waals surface area contributed by atoms with E-state index in [1.54, 1.807) is 0 Å². The number of hydrogen-bond acceptors (Lipinski definition) is 0. The summed E-state index contributed by atoms with van der Waals surface area (Å²) in [5.41, 5.74) is 8.29. The number of hydrogen-bond donors (Lipinski definition) is 0. The molecule has 210 valence electrons. The van der Waals surface area contributed by atoms with E-state index in [2.05, 4.69) is 203 Å². The summed E-state index contributed by atoms with van der Waals surface area (Å²) < 4.78 is 0. The topological polar surface area (TPSA) is 0 Å². The second kappa shape index (κ2) is 15.9. The van der Waals surface area contributed by atoms with E-state index in [-0.39, 0.29) is 5.41 Å². The van der Waals surface area contributed by atoms with Gasteiger partial charge in [-0.05, 0) is 39.8 Å². The molecule has 0 aromatic heterocycles. The third-order valence-corrected chi connectivity index (χ3v) is 7.68. The molecule has 0 fully saturated rings. The first-order valence-electron chi connectivity index (χ1n) is 14.8. The third-order valence-electron chi connectivity index (χ3n) is 7.68. The van der Waals surface area contributed by atoms with Crippen molar-refractivity contribution in [2.45, 2.75) is 38.5 Å². The Morgan fingerprint density at radius 1 is 0.381 bits per heavy atom. The van der Waals surface area contributed by atoms with Gasteiger partial charge in [-0.2, -0.15) is 0 Å². The monoisotopic (exact) mass is 546 g/mol. The van der Waals surface area contributed by atoms with E-state index in [0.29, 0.717) is 5.92 Å². The van der Waals surface area contributed by atoms with Crippen molar-refractivity contribution >= 4 is 0 Å². The molecule has 6 aromatic rings. The van der Waals surface area contributed by atoms with Gasteiger partial charge in [0.15, 0.2) is 0 Å². The molecule has 0 N–H and O–H groups in total. The Morgan fingerprint density at radius 3 is 0.952 bits per heavy atom. The molecule has 0 atom stereocenters. The van der Waals surface area contributed by atoms with Crippen LogP contribution in [-0.4, -0.2) is 0 Å². The maximum atomic E-state index is 2.26. The van der Waals surface area contributed by atoms with Crippen molar-refractivity contribution in [2.24, 2.45) is 0 Å². The number of benzene rings is 6. The Balaban J connectivity index is 0.000000145. The molecule has 0 aliphatic carbocycles. The summed E-state index contributed by atoms with van der Waals surface area (Å²) in [7, 11) is 0. The smallest absolute Gasteiger partial charge is 0.0146 e. The first kappa shape index (κ1) is 30.3. The van der Waals surface area contributed by atoms with E-state index >= 15 is 0 Å². The fourth-order valence-corrected chi connectivity index (χ4v) is 4.98. The van der Waals surface area contributed by atoms with Gasteiger partial charge in [0.05, 0.1) is 0 Å². The van der Waals surface area contributed by atoms with Gasteiger partial charge in [-0.15, -0.1) is 0 Å². The summed E-state index contributed by atoms with van der Waals surface area (Å²) in [6.07, 6.45) is 1.03. The van der Waals surface area contributed by atoms with Gasteiger partial charge in [0, 0.05) is 11.3 Å². The lowest BCUT2D eigenvalue weighted by molar-refractivity contribution is 0.641. The lowest BCUT2D eigenvalue weighted by Crippen LogP contribution is -2.18. The molecule has 0 heteroatoms. The van der Waals surface area contributed by atoms with Crippen LogP contribution >= 0.6 is 0 Å². The maximum Gasteiger partial charge on any atom is 0.0146 e. The predicted octanol–water partition coefficient (Wildman–Crippen LogP) is 11.1. The van der Waals surface area contributed by atoms with E-state index in [9.17, 15) is 0 Å². The molecule has 0 saturated heterocycles. The quantitative estimate of drug-likeness (QED) is 0.195. The van der Waals surface area contributed by atoms with Crippen LogP contribution in [0.3, 0.4) is 0 Å². The van der Waals surface area contributed by atoms with Crippen molar-refractivity contribution in [3.8, 4) is 0 Å². The van der Waals surface area contributed by atoms with Crippen molar-refractivity contribution < 1.29 is 0 Å². The fourth-order valence-electron chi connectivity index (χ4n) is 4.98. The molecule has 0 heterocycles. The summed E-state index contributed by atoms with van der Waals surface area (Å²) in [5.74, 6) is 0.484. The van der Waals surface area contributed by atoms with Crippen LogP contribution in [0.25, 0.3) is 0 Å². The van der Waals surface area contributed by atoms with Gasteiger partial charge in [-0.3, -0.25) is 0 Å². The van der Waals surface area contributed by atoms with Crippen molar-refractivity contribution in [2.75, 3.05) is 0 Å². The van der Waals surface area contributed by atoms with Crippen LogP contribution in [0.15, 0.2) is 182 Å². The lowest BCUT2D eigenvalue weighted by Gasteiger charge is -2.25. The Labute approximate surface area is 253 Å². The Bertz CT molecular complexity index is 1410. The minimum Gasteiger partial charge on any atom is -0.0622 e. The molecule has 0 aliphatic rings. The average molecular weight is 547 g/mol. The highest BCUT2D eigenvalue weighted by Crippen LogP contribution is 2.30. The summed E-state index contributed by atoms with van der Waals surface area (Å²) >= 11 is 0. The van der Waals surface area contributed by atoms with E-state index in [4.69, 9.17) is 0 Å². The Morgan fingerprint density at radius 2 is 0.643 bits per heavy atom. The van der Waals surface area contributed by atoms with Crippen LogP contribution in [0, 0.1) is 0 Å². The van der Waals surface area contributed by atoms with Crippen LogP contribution in [0.4, 0.5) is 0 Å². The van der Waals surface area contributed by atoms with E-state index < -0.39 is 0 Å². The molecule has 0 radical (unpaired) electrons. The van der Waals surface area contributed by atoms with Crippen LogP contribution < -0.4 is 0 Å². The zero-order valence-corrected chi connectivity index (χ0v) is 25.1. The van der Waals surface area contributed by atoms with Gasteiger partial charge in [-0.25, -0.2) is 0 Å². The van der Waals surface area contributed by atoms with Gasteiger partial charge in [-0.1, -0.05) is 203 Å². The summed E-state index contributed by atoms with van der Waals surface area (Å²) in [5, 5.41) is 0. The largest absolute Gasteiger partial charge is 0.0622 e. The highest BCUT2D eigenvalue weighted by atomic mass is 14.2. The maximum absolute atomic E-state index is 2.26. The molecule has 0 amide bonds. The van der Waals surface area contributed by atoms with Crippen LogP contribution in [0.5, 0.6) is 0 Å². The first-order valence-corrected chi connectivity index (χ1v) is 14.8. The molecule has 0 unspecified atom stereocenters. The van der Waals surface area contributed by atoms with E-state index in [0.717, 1.165) is 6.42 Å². The first-order chi connectivity index (χ1) is 20.5. The molecule has 0 nitrogen and oxygen atoms in total. The van der Waals surface area contributed by atoms with Gasteiger partial charge in [0.2, 0.25) is 0 Å². The standard InChI is InChI=1S/C15H16.C14H14.C13H12/c1-15(2,13-9-5-3-6-10-13)14-11-7-4-8-12-14;1-12(13-8-4-2-5-9-13)14-10-6-3-7-11-14;1-3-7-12(8-4-1)11-13-9-5-2-6-10-13/h3-12H,1-2H3;2-12H,1H3;1-10H,11H2. The molecular weight excluding hydrogens is 504 g/mol. The summed E-state index contributed by atoms with van der Waals surface area (Å²) in [6.45, 7) is 6.76. The molecule has 42 heavy (non-hydrogen) atoms. The minimum absolute atomic E-state index is 0.0858. The second-order valence-corrected chi connectivity index (χ2v) is 11.0. The predicted molar refractivity (Wildman–Crippen MR) is 181 cm³/mol. The van der Waals surface area contributed by atoms with Gasteiger partial charge in [0.25, 0.3) is 0 Å². The molecular formula is C42H42. The highest BCUT2D eigenvalue weighted by molar-refractivity contribution is 5.37. The molecule has 0 spiro atoms. The Hall–Kier alpha value is -4.68. The molecule has 0 aliphatic heterocycles. The number of rotatable bonds is 6. The molecule has 6 aromatic carbocycles. The normalized spacial score (nSPS) is 10.6. The molecule has 0 bridgehead atoms. The van der Waals surface area contributed by atoms with Crippen LogP contribution in [-0.2, 0) is 11.8 Å². The molecule has 6 rings (SSSR count). The summed E-state index contributed by atoms with van der Waals surface area (Å²) in [4.78, 5) is 0. The highest BCUT2D eigenvalue weighted by Gasteiger charge is 2.21. The van der Waals surface area contributed by atoms with Crippen molar-refractivity contribution in [3.63, 3.8) is 0 Å². The van der Waals surface area contributed by atoms with Crippen molar-refractivity contribution in [1.82, 2.24) is 0 Å². The summed E-state index contributed by atoms with van der Waals surface area (Å²) in [6, 6.07) is 63.5. The minimum atomic E-state index is 0.0858. The van der Waals surface area contributed by atoms with E-state index in [1.165, 1.54) is 33.4 Å². The van der Waals surface area contributed by atoms with Crippen molar-refractivity contribution in [1.29, 1.82) is 0 Å². The van der Waals surface area contributed by atoms with Gasteiger partial charge >= 0.3 is 0 Å². The molecule has 0 saturated carbocycles. The van der Waals surface area contributed by atoms with E-state index in [1.807, 2.05) is 0 Å². The Kier molecular flexibility index (Phi) is 11.5. The lowest BCUT2D eigenvalue weighted by atomic mass is 9.78. The zero-order valence-electron chi connectivity index (χ0n) is 25.1. The van der Waals surface area contributed by atoms with Gasteiger partial charge < -0.3 is 0 Å². The van der Waals surface area contributed by atoms with Crippen LogP contribution in [0.1, 0.15) is 60.1 Å². The second-order valence-electron chi connectivity index (χ2n) is 11.0. The van der Waals surface area contributed by atoms with Crippen LogP contribution in [0.2, 0.25) is 0 Å². The third kappa shape index (κ3) is 9.18. The zero-order chi connectivity index (χ0) is 29.5. The average Bonchev–Trinajstić information content (AvgIpc) is 3.07. The van der Waals surface area contributed by atoms with Crippen molar-refractivity contribution in [3.05, 3.63) is 215 Å². The fraction of sp³-hybridized carbons (Fsp3) is 0.143.